The van der Waals surface area contributed by atoms with Crippen molar-refractivity contribution in [2.45, 2.75) is 13.8 Å². The lowest BCUT2D eigenvalue weighted by atomic mass is 10.2. The molecule has 96 valence electrons. The molecule has 6 nitrogen and oxygen atoms in total. The third kappa shape index (κ3) is 3.89. The number of rotatable bonds is 4. The molecule has 1 aromatic carbocycles. The van der Waals surface area contributed by atoms with E-state index in [9.17, 15) is 14.4 Å². The normalized spacial score (nSPS) is 9.67. The second kappa shape index (κ2) is 5.81. The van der Waals surface area contributed by atoms with E-state index in [2.05, 4.69) is 0 Å². The fourth-order valence-corrected chi connectivity index (χ4v) is 1.40. The monoisotopic (exact) mass is 250 g/mol. The van der Waals surface area contributed by atoms with Crippen LogP contribution in [0.15, 0.2) is 24.3 Å². The molecule has 0 saturated carbocycles. The van der Waals surface area contributed by atoms with E-state index < -0.39 is 11.9 Å². The van der Waals surface area contributed by atoms with Crippen LogP contribution in [-0.4, -0.2) is 24.3 Å². The van der Waals surface area contributed by atoms with E-state index in [1.54, 1.807) is 12.1 Å². The zero-order valence-corrected chi connectivity index (χ0v) is 10.2. The minimum atomic E-state index is -0.603. The van der Waals surface area contributed by atoms with Gasteiger partial charge in [0.25, 0.3) is 0 Å². The smallest absolute Gasteiger partial charge is 0.308 e. The molecule has 0 saturated heterocycles. The maximum Gasteiger partial charge on any atom is 0.308 e. The van der Waals surface area contributed by atoms with Crippen LogP contribution in [0.25, 0.3) is 0 Å². The van der Waals surface area contributed by atoms with Crippen molar-refractivity contribution < 1.29 is 19.1 Å². The molecule has 0 aromatic heterocycles. The SMILES string of the molecule is CC(=O)Oc1ccc(N(CC(N)=O)C(C)=O)cc1. The Morgan fingerprint density at radius 3 is 2.11 bits per heavy atom. The molecule has 6 heteroatoms. The van der Waals surface area contributed by atoms with Crippen LogP contribution >= 0.6 is 0 Å². The number of hydrogen-bond donors (Lipinski definition) is 1. The van der Waals surface area contributed by atoms with E-state index in [4.69, 9.17) is 10.5 Å². The lowest BCUT2D eigenvalue weighted by Gasteiger charge is -2.19. The van der Waals surface area contributed by atoms with Gasteiger partial charge in [-0.1, -0.05) is 0 Å². The van der Waals surface area contributed by atoms with Gasteiger partial charge in [0.1, 0.15) is 12.3 Å². The Bertz CT molecular complexity index is 467. The van der Waals surface area contributed by atoms with Crippen molar-refractivity contribution in [2.75, 3.05) is 11.4 Å². The number of carbonyl (C=O) groups excluding carboxylic acids is 3. The molecule has 18 heavy (non-hydrogen) atoms. The molecule has 0 spiro atoms. The highest BCUT2D eigenvalue weighted by molar-refractivity contribution is 5.97. The zero-order valence-electron chi connectivity index (χ0n) is 10.2. The van der Waals surface area contributed by atoms with E-state index in [0.29, 0.717) is 11.4 Å². The van der Waals surface area contributed by atoms with Gasteiger partial charge in [-0.15, -0.1) is 0 Å². The Hall–Kier alpha value is -2.37. The van der Waals surface area contributed by atoms with Crippen LogP contribution in [0, 0.1) is 0 Å². The van der Waals surface area contributed by atoms with Gasteiger partial charge in [0.15, 0.2) is 0 Å². The van der Waals surface area contributed by atoms with Gasteiger partial charge in [-0.2, -0.15) is 0 Å². The summed E-state index contributed by atoms with van der Waals surface area (Å²) in [6.07, 6.45) is 0. The van der Waals surface area contributed by atoms with Gasteiger partial charge in [-0.05, 0) is 24.3 Å². The van der Waals surface area contributed by atoms with Crippen LogP contribution in [0.3, 0.4) is 0 Å². The summed E-state index contributed by atoms with van der Waals surface area (Å²) in [5.74, 6) is -0.958. The number of esters is 1. The molecule has 2 N–H and O–H groups in total. The van der Waals surface area contributed by atoms with E-state index in [1.807, 2.05) is 0 Å². The predicted octanol–water partition coefficient (Wildman–Crippen LogP) is 0.450. The highest BCUT2D eigenvalue weighted by Crippen LogP contribution is 2.19. The van der Waals surface area contributed by atoms with Gasteiger partial charge < -0.3 is 15.4 Å². The molecular weight excluding hydrogens is 236 g/mol. The summed E-state index contributed by atoms with van der Waals surface area (Å²) in [5.41, 5.74) is 5.57. The molecule has 0 aliphatic carbocycles. The molecule has 1 aromatic rings. The average molecular weight is 250 g/mol. The second-order valence-electron chi connectivity index (χ2n) is 3.66. The molecule has 0 unspecified atom stereocenters. The van der Waals surface area contributed by atoms with Crippen molar-refractivity contribution in [1.82, 2.24) is 0 Å². The predicted molar refractivity (Wildman–Crippen MR) is 65.0 cm³/mol. The molecule has 0 radical (unpaired) electrons. The van der Waals surface area contributed by atoms with Crippen LogP contribution in [0.1, 0.15) is 13.8 Å². The fourth-order valence-electron chi connectivity index (χ4n) is 1.40. The summed E-state index contributed by atoms with van der Waals surface area (Å²) in [4.78, 5) is 34.2. The van der Waals surface area contributed by atoms with Crippen LogP contribution in [0.5, 0.6) is 5.75 Å². The number of amides is 2. The number of nitrogens with zero attached hydrogens (tertiary/aromatic N) is 1. The first-order valence-electron chi connectivity index (χ1n) is 5.25. The number of ether oxygens (including phenoxy) is 1. The van der Waals surface area contributed by atoms with Crippen molar-refractivity contribution in [1.29, 1.82) is 0 Å². The third-order valence-corrected chi connectivity index (χ3v) is 2.10. The average Bonchev–Trinajstić information content (AvgIpc) is 2.26. The molecule has 0 heterocycles. The van der Waals surface area contributed by atoms with E-state index in [0.717, 1.165) is 0 Å². The Morgan fingerprint density at radius 2 is 1.72 bits per heavy atom. The van der Waals surface area contributed by atoms with Gasteiger partial charge >= 0.3 is 5.97 Å². The second-order valence-corrected chi connectivity index (χ2v) is 3.66. The van der Waals surface area contributed by atoms with Crippen LogP contribution in [0.2, 0.25) is 0 Å². The summed E-state index contributed by atoms with van der Waals surface area (Å²) in [7, 11) is 0. The summed E-state index contributed by atoms with van der Waals surface area (Å²) in [5, 5.41) is 0. The molecule has 0 aliphatic rings. The topological polar surface area (TPSA) is 89.7 Å². The standard InChI is InChI=1S/C12H14N2O4/c1-8(15)14(7-12(13)17)10-3-5-11(6-4-10)18-9(2)16/h3-6H,7H2,1-2H3,(H2,13,17). The Kier molecular flexibility index (Phi) is 4.42. The number of benzene rings is 1. The Morgan fingerprint density at radius 1 is 1.17 bits per heavy atom. The lowest BCUT2D eigenvalue weighted by molar-refractivity contribution is -0.131. The Balaban J connectivity index is 2.90. The molecule has 0 fully saturated rings. The molecular formula is C12H14N2O4. The highest BCUT2D eigenvalue weighted by Gasteiger charge is 2.13. The first-order chi connectivity index (χ1) is 8.40. The maximum atomic E-state index is 11.4. The number of carbonyl (C=O) groups is 3. The quantitative estimate of drug-likeness (QED) is 0.620. The van der Waals surface area contributed by atoms with Crippen molar-refractivity contribution in [3.8, 4) is 5.75 Å². The van der Waals surface area contributed by atoms with Crippen molar-refractivity contribution in [3.05, 3.63) is 24.3 Å². The minimum Gasteiger partial charge on any atom is -0.427 e. The van der Waals surface area contributed by atoms with Crippen molar-refractivity contribution >= 4 is 23.5 Å². The largest absolute Gasteiger partial charge is 0.427 e. The summed E-state index contributed by atoms with van der Waals surface area (Å²) >= 11 is 0. The van der Waals surface area contributed by atoms with Crippen LogP contribution in [-0.2, 0) is 14.4 Å². The summed E-state index contributed by atoms with van der Waals surface area (Å²) in [6.45, 7) is 2.44. The van der Waals surface area contributed by atoms with Crippen LogP contribution < -0.4 is 15.4 Å². The molecule has 2 amide bonds. The Labute approximate surface area is 104 Å². The van der Waals surface area contributed by atoms with Gasteiger partial charge in [-0.3, -0.25) is 14.4 Å². The fraction of sp³-hybridized carbons (Fsp3) is 0.250. The molecule has 0 atom stereocenters. The number of hydrogen-bond acceptors (Lipinski definition) is 4. The first kappa shape index (κ1) is 13.7. The number of nitrogens with two attached hydrogens (primary N) is 1. The number of primary amides is 1. The van der Waals surface area contributed by atoms with Gasteiger partial charge in [0.2, 0.25) is 11.8 Å². The number of anilines is 1. The molecule has 1 rings (SSSR count). The zero-order chi connectivity index (χ0) is 13.7. The van der Waals surface area contributed by atoms with E-state index >= 15 is 0 Å². The molecule has 0 bridgehead atoms. The highest BCUT2D eigenvalue weighted by atomic mass is 16.5. The van der Waals surface area contributed by atoms with Gasteiger partial charge in [0, 0.05) is 19.5 Å². The lowest BCUT2D eigenvalue weighted by Crippen LogP contribution is -2.37. The summed E-state index contributed by atoms with van der Waals surface area (Å²) in [6, 6.07) is 6.21. The first-order valence-corrected chi connectivity index (χ1v) is 5.25. The van der Waals surface area contributed by atoms with Crippen LogP contribution in [0.4, 0.5) is 5.69 Å². The minimum absolute atomic E-state index is 0.192. The van der Waals surface area contributed by atoms with Gasteiger partial charge in [0.05, 0.1) is 0 Å². The third-order valence-electron chi connectivity index (χ3n) is 2.10. The van der Waals surface area contributed by atoms with Crippen molar-refractivity contribution in [3.63, 3.8) is 0 Å². The van der Waals surface area contributed by atoms with Crippen molar-refractivity contribution in [2.24, 2.45) is 5.73 Å². The van der Waals surface area contributed by atoms with E-state index in [1.165, 1.54) is 30.9 Å². The summed E-state index contributed by atoms with van der Waals surface area (Å²) < 4.78 is 4.86. The van der Waals surface area contributed by atoms with Gasteiger partial charge in [-0.25, -0.2) is 0 Å². The molecule has 0 aliphatic heterocycles. The van der Waals surface area contributed by atoms with E-state index in [-0.39, 0.29) is 12.5 Å². The maximum absolute atomic E-state index is 11.4.